The molecule has 19 heavy (non-hydrogen) atoms. The van der Waals surface area contributed by atoms with Gasteiger partial charge in [-0.3, -0.25) is 9.78 Å². The number of nitrogens with two attached hydrogens (primary N) is 1. The molecule has 0 saturated heterocycles. The Bertz CT molecular complexity index is 460. The molecule has 0 spiro atoms. The van der Waals surface area contributed by atoms with Crippen molar-refractivity contribution in [2.45, 2.75) is 26.8 Å². The lowest BCUT2D eigenvalue weighted by molar-refractivity contribution is -0.131. The standard InChI is InChI=1S/C13H20N4OS/c1-4-17(5-2)13(18)9(3)16-10-6-7-15-11(8-10)12(14)19/h6-9H,4-5H2,1-3H3,(H2,14,19)(H,15,16). The Morgan fingerprint density at radius 1 is 1.53 bits per heavy atom. The Hall–Kier alpha value is -1.69. The quantitative estimate of drug-likeness (QED) is 0.770. The maximum Gasteiger partial charge on any atom is 0.244 e. The molecule has 0 bridgehead atoms. The van der Waals surface area contributed by atoms with Crippen molar-refractivity contribution in [2.75, 3.05) is 18.4 Å². The van der Waals surface area contributed by atoms with Crippen molar-refractivity contribution in [2.24, 2.45) is 5.73 Å². The van der Waals surface area contributed by atoms with Gasteiger partial charge < -0.3 is 16.0 Å². The first-order valence-electron chi connectivity index (χ1n) is 6.30. The number of likely N-dealkylation sites (N-methyl/N-ethyl adjacent to an activating group) is 1. The molecule has 1 rings (SSSR count). The number of aromatic nitrogens is 1. The number of thiocarbonyl (C=S) groups is 1. The fourth-order valence-electron chi connectivity index (χ4n) is 1.78. The highest BCUT2D eigenvalue weighted by Gasteiger charge is 2.17. The molecule has 0 aliphatic heterocycles. The summed E-state index contributed by atoms with van der Waals surface area (Å²) in [5.41, 5.74) is 6.86. The van der Waals surface area contributed by atoms with Gasteiger partial charge in [0.25, 0.3) is 0 Å². The molecule has 5 nitrogen and oxygen atoms in total. The lowest BCUT2D eigenvalue weighted by Gasteiger charge is -2.24. The molecule has 1 aromatic heterocycles. The third-order valence-electron chi connectivity index (χ3n) is 2.84. The monoisotopic (exact) mass is 280 g/mol. The van der Waals surface area contributed by atoms with E-state index in [9.17, 15) is 4.79 Å². The second kappa shape index (κ2) is 7.04. The fourth-order valence-corrected chi connectivity index (χ4v) is 1.89. The summed E-state index contributed by atoms with van der Waals surface area (Å²) in [7, 11) is 0. The summed E-state index contributed by atoms with van der Waals surface area (Å²) < 4.78 is 0. The first-order valence-corrected chi connectivity index (χ1v) is 6.71. The zero-order chi connectivity index (χ0) is 14.4. The van der Waals surface area contributed by atoms with Crippen LogP contribution in [0, 0.1) is 0 Å². The second-order valence-electron chi connectivity index (χ2n) is 4.17. The molecule has 0 aliphatic rings. The molecule has 0 radical (unpaired) electrons. The Morgan fingerprint density at radius 3 is 2.68 bits per heavy atom. The van der Waals surface area contributed by atoms with Crippen LogP contribution in [0.4, 0.5) is 5.69 Å². The Balaban J connectivity index is 2.76. The molecule has 0 aromatic carbocycles. The topological polar surface area (TPSA) is 71.2 Å². The van der Waals surface area contributed by atoms with Gasteiger partial charge in [0.15, 0.2) is 0 Å². The predicted octanol–water partition coefficient (Wildman–Crippen LogP) is 1.38. The smallest absolute Gasteiger partial charge is 0.244 e. The third kappa shape index (κ3) is 4.17. The van der Waals surface area contributed by atoms with Gasteiger partial charge in [-0.05, 0) is 32.9 Å². The third-order valence-corrected chi connectivity index (χ3v) is 3.05. The van der Waals surface area contributed by atoms with E-state index in [-0.39, 0.29) is 16.9 Å². The van der Waals surface area contributed by atoms with E-state index in [0.29, 0.717) is 18.8 Å². The summed E-state index contributed by atoms with van der Waals surface area (Å²) in [5, 5.41) is 3.14. The molecule has 3 N–H and O–H groups in total. The largest absolute Gasteiger partial charge is 0.388 e. The van der Waals surface area contributed by atoms with Crippen LogP contribution in [0.15, 0.2) is 18.3 Å². The summed E-state index contributed by atoms with van der Waals surface area (Å²) in [6.45, 7) is 7.17. The van der Waals surface area contributed by atoms with Crippen LogP contribution in [0.1, 0.15) is 26.5 Å². The number of rotatable bonds is 6. The van der Waals surface area contributed by atoms with Gasteiger partial charge in [-0.1, -0.05) is 12.2 Å². The minimum absolute atomic E-state index is 0.0682. The van der Waals surface area contributed by atoms with Crippen molar-refractivity contribution in [3.05, 3.63) is 24.0 Å². The number of amides is 1. The number of carbonyl (C=O) groups is 1. The number of nitrogens with zero attached hydrogens (tertiary/aromatic N) is 2. The van der Waals surface area contributed by atoms with E-state index in [1.807, 2.05) is 20.8 Å². The van der Waals surface area contributed by atoms with E-state index in [1.54, 1.807) is 23.2 Å². The van der Waals surface area contributed by atoms with Crippen molar-refractivity contribution >= 4 is 28.8 Å². The maximum atomic E-state index is 12.1. The summed E-state index contributed by atoms with van der Waals surface area (Å²) in [6.07, 6.45) is 1.62. The Kier molecular flexibility index (Phi) is 5.69. The molecular weight excluding hydrogens is 260 g/mol. The number of pyridine rings is 1. The first kappa shape index (κ1) is 15.4. The van der Waals surface area contributed by atoms with Crippen LogP contribution in [0.3, 0.4) is 0 Å². The van der Waals surface area contributed by atoms with Crippen molar-refractivity contribution in [1.82, 2.24) is 9.88 Å². The van der Waals surface area contributed by atoms with Crippen LogP contribution >= 0.6 is 12.2 Å². The van der Waals surface area contributed by atoms with Crippen molar-refractivity contribution in [3.63, 3.8) is 0 Å². The van der Waals surface area contributed by atoms with E-state index in [1.165, 1.54) is 0 Å². The van der Waals surface area contributed by atoms with Gasteiger partial charge in [0.1, 0.15) is 11.0 Å². The number of hydrogen-bond donors (Lipinski definition) is 2. The van der Waals surface area contributed by atoms with Crippen molar-refractivity contribution in [1.29, 1.82) is 0 Å². The van der Waals surface area contributed by atoms with E-state index in [0.717, 1.165) is 5.69 Å². The van der Waals surface area contributed by atoms with Crippen molar-refractivity contribution < 1.29 is 4.79 Å². The summed E-state index contributed by atoms with van der Waals surface area (Å²) >= 11 is 4.88. The van der Waals surface area contributed by atoms with Crippen LogP contribution in [-0.2, 0) is 4.79 Å². The van der Waals surface area contributed by atoms with Gasteiger partial charge in [0.2, 0.25) is 5.91 Å². The highest BCUT2D eigenvalue weighted by atomic mass is 32.1. The van der Waals surface area contributed by atoms with Crippen LogP contribution < -0.4 is 11.1 Å². The molecule has 6 heteroatoms. The molecule has 1 amide bonds. The maximum absolute atomic E-state index is 12.1. The average molecular weight is 280 g/mol. The number of carbonyl (C=O) groups excluding carboxylic acids is 1. The molecule has 104 valence electrons. The highest BCUT2D eigenvalue weighted by Crippen LogP contribution is 2.10. The van der Waals surface area contributed by atoms with E-state index >= 15 is 0 Å². The lowest BCUT2D eigenvalue weighted by atomic mass is 10.2. The second-order valence-corrected chi connectivity index (χ2v) is 4.61. The van der Waals surface area contributed by atoms with Gasteiger partial charge in [0.05, 0.1) is 5.69 Å². The molecule has 1 heterocycles. The SMILES string of the molecule is CCN(CC)C(=O)C(C)Nc1ccnc(C(N)=S)c1. The number of anilines is 1. The summed E-state index contributed by atoms with van der Waals surface area (Å²) in [5.74, 6) is 0.0682. The van der Waals surface area contributed by atoms with Crippen LogP contribution in [0.25, 0.3) is 0 Å². The van der Waals surface area contributed by atoms with Crippen LogP contribution in [0.2, 0.25) is 0 Å². The Morgan fingerprint density at radius 2 is 2.16 bits per heavy atom. The number of hydrogen-bond acceptors (Lipinski definition) is 4. The lowest BCUT2D eigenvalue weighted by Crippen LogP contribution is -2.41. The minimum atomic E-state index is -0.304. The van der Waals surface area contributed by atoms with Crippen LogP contribution in [-0.4, -0.2) is 39.9 Å². The zero-order valence-electron chi connectivity index (χ0n) is 11.5. The molecule has 0 fully saturated rings. The minimum Gasteiger partial charge on any atom is -0.388 e. The first-order chi connectivity index (χ1) is 8.99. The number of nitrogens with one attached hydrogen (secondary N) is 1. The molecule has 1 atom stereocenters. The molecular formula is C13H20N4OS. The molecule has 1 aromatic rings. The van der Waals surface area contributed by atoms with Gasteiger partial charge in [-0.2, -0.15) is 0 Å². The normalized spacial score (nSPS) is 11.7. The predicted molar refractivity (Wildman–Crippen MR) is 81.1 cm³/mol. The molecule has 0 aliphatic carbocycles. The average Bonchev–Trinajstić information content (AvgIpc) is 2.40. The Labute approximate surface area is 119 Å². The zero-order valence-corrected chi connectivity index (χ0v) is 12.3. The van der Waals surface area contributed by atoms with E-state index in [2.05, 4.69) is 10.3 Å². The van der Waals surface area contributed by atoms with Gasteiger partial charge in [-0.25, -0.2) is 0 Å². The molecule has 1 unspecified atom stereocenters. The van der Waals surface area contributed by atoms with Crippen LogP contribution in [0.5, 0.6) is 0 Å². The summed E-state index contributed by atoms with van der Waals surface area (Å²) in [6, 6.07) is 3.23. The van der Waals surface area contributed by atoms with E-state index < -0.39 is 0 Å². The van der Waals surface area contributed by atoms with Crippen molar-refractivity contribution in [3.8, 4) is 0 Å². The van der Waals surface area contributed by atoms with Gasteiger partial charge >= 0.3 is 0 Å². The fraction of sp³-hybridized carbons (Fsp3) is 0.462. The summed E-state index contributed by atoms with van der Waals surface area (Å²) in [4.78, 5) is 18.2. The molecule has 0 saturated carbocycles. The van der Waals surface area contributed by atoms with Gasteiger partial charge in [-0.15, -0.1) is 0 Å². The van der Waals surface area contributed by atoms with Gasteiger partial charge in [0, 0.05) is 25.0 Å². The highest BCUT2D eigenvalue weighted by molar-refractivity contribution is 7.80. The van der Waals surface area contributed by atoms with E-state index in [4.69, 9.17) is 18.0 Å².